The molecule has 0 aliphatic heterocycles. The zero-order valence-corrected chi connectivity index (χ0v) is 13.0. The maximum absolute atomic E-state index is 11.9. The summed E-state index contributed by atoms with van der Waals surface area (Å²) in [4.78, 5) is 16.1. The van der Waals surface area contributed by atoms with Crippen LogP contribution in [-0.2, 0) is 24.4 Å². The van der Waals surface area contributed by atoms with Gasteiger partial charge in [0.05, 0.1) is 13.0 Å². The average Bonchev–Trinajstić information content (AvgIpc) is 3.08. The van der Waals surface area contributed by atoms with E-state index in [4.69, 9.17) is 9.26 Å². The highest BCUT2D eigenvalue weighted by atomic mass is 16.5. The summed E-state index contributed by atoms with van der Waals surface area (Å²) in [7, 11) is 0. The number of hydrogen-bond acceptors (Lipinski definition) is 5. The number of rotatable bonds is 7. The lowest BCUT2D eigenvalue weighted by molar-refractivity contribution is -0.120. The maximum atomic E-state index is 11.9. The minimum atomic E-state index is -0.0897. The lowest BCUT2D eigenvalue weighted by atomic mass is 10.1. The molecule has 2 aromatic carbocycles. The van der Waals surface area contributed by atoms with Gasteiger partial charge in [0, 0.05) is 0 Å². The van der Waals surface area contributed by atoms with E-state index in [-0.39, 0.29) is 19.1 Å². The van der Waals surface area contributed by atoms with Crippen molar-refractivity contribution in [3.05, 3.63) is 77.9 Å². The molecule has 0 fully saturated rings. The number of nitrogens with one attached hydrogen (secondary N) is 1. The van der Waals surface area contributed by atoms with E-state index < -0.39 is 0 Å². The fourth-order valence-electron chi connectivity index (χ4n) is 2.10. The van der Waals surface area contributed by atoms with E-state index in [1.807, 2.05) is 60.7 Å². The van der Waals surface area contributed by atoms with Gasteiger partial charge in [0.15, 0.2) is 12.4 Å². The Morgan fingerprint density at radius 1 is 1.04 bits per heavy atom. The van der Waals surface area contributed by atoms with Crippen LogP contribution in [0.1, 0.15) is 17.3 Å². The van der Waals surface area contributed by atoms with Crippen LogP contribution < -0.4 is 10.1 Å². The Bertz CT molecular complexity index is 772. The smallest absolute Gasteiger partial charge is 0.264 e. The van der Waals surface area contributed by atoms with Crippen molar-refractivity contribution in [2.24, 2.45) is 0 Å². The number of carbonyl (C=O) groups excluding carboxylic acids is 1. The second-order valence-corrected chi connectivity index (χ2v) is 5.15. The molecule has 24 heavy (non-hydrogen) atoms. The summed E-state index contributed by atoms with van der Waals surface area (Å²) in [6.07, 6.45) is 0.322. The van der Waals surface area contributed by atoms with Gasteiger partial charge in [0.25, 0.3) is 5.89 Å². The van der Waals surface area contributed by atoms with Crippen molar-refractivity contribution in [1.29, 1.82) is 0 Å². The van der Waals surface area contributed by atoms with Gasteiger partial charge in [-0.2, -0.15) is 4.98 Å². The Hall–Kier alpha value is -3.15. The summed E-state index contributed by atoms with van der Waals surface area (Å²) in [5, 5.41) is 6.60. The average molecular weight is 323 g/mol. The molecule has 0 unspecified atom stereocenters. The Labute approximate surface area is 139 Å². The van der Waals surface area contributed by atoms with Gasteiger partial charge in [0.1, 0.15) is 5.75 Å². The summed E-state index contributed by atoms with van der Waals surface area (Å²) >= 11 is 0. The number of hydrogen-bond donors (Lipinski definition) is 1. The van der Waals surface area contributed by atoms with E-state index in [0.29, 0.717) is 18.1 Å². The molecule has 3 aromatic rings. The normalized spacial score (nSPS) is 10.3. The maximum Gasteiger partial charge on any atom is 0.264 e. The van der Waals surface area contributed by atoms with Crippen LogP contribution in [0.4, 0.5) is 0 Å². The molecule has 0 saturated heterocycles. The Morgan fingerprint density at radius 3 is 2.50 bits per heavy atom. The largest absolute Gasteiger partial charge is 0.484 e. The standard InChI is InChI=1S/C18H17N3O3/c22-17(11-14-7-3-1-4-8-14)19-12-16-20-18(24-21-16)13-23-15-9-5-2-6-10-15/h1-10H,11-13H2,(H,19,22). The van der Waals surface area contributed by atoms with Crippen LogP contribution in [0, 0.1) is 0 Å². The first-order valence-corrected chi connectivity index (χ1v) is 7.59. The van der Waals surface area contributed by atoms with E-state index in [2.05, 4.69) is 15.5 Å². The minimum absolute atomic E-state index is 0.0897. The molecule has 6 heteroatoms. The molecule has 0 atom stereocenters. The predicted molar refractivity (Wildman–Crippen MR) is 87.1 cm³/mol. The van der Waals surface area contributed by atoms with Gasteiger partial charge in [-0.15, -0.1) is 0 Å². The van der Waals surface area contributed by atoms with Crippen molar-refractivity contribution < 1.29 is 14.1 Å². The van der Waals surface area contributed by atoms with Crippen molar-refractivity contribution in [3.8, 4) is 5.75 Å². The van der Waals surface area contributed by atoms with Gasteiger partial charge in [-0.25, -0.2) is 0 Å². The van der Waals surface area contributed by atoms with E-state index in [1.165, 1.54) is 0 Å². The monoisotopic (exact) mass is 323 g/mol. The van der Waals surface area contributed by atoms with Crippen molar-refractivity contribution in [2.75, 3.05) is 0 Å². The van der Waals surface area contributed by atoms with E-state index in [9.17, 15) is 4.79 Å². The van der Waals surface area contributed by atoms with Crippen LogP contribution in [0.2, 0.25) is 0 Å². The molecule has 0 saturated carbocycles. The van der Waals surface area contributed by atoms with Crippen LogP contribution in [-0.4, -0.2) is 16.0 Å². The molecule has 0 aliphatic rings. The molecule has 0 bridgehead atoms. The second-order valence-electron chi connectivity index (χ2n) is 5.15. The number of ether oxygens (including phenoxy) is 1. The first-order chi connectivity index (χ1) is 11.8. The van der Waals surface area contributed by atoms with Crippen molar-refractivity contribution in [2.45, 2.75) is 19.6 Å². The van der Waals surface area contributed by atoms with Crippen LogP contribution in [0.15, 0.2) is 65.2 Å². The molecular weight excluding hydrogens is 306 g/mol. The molecule has 3 rings (SSSR count). The first kappa shape index (κ1) is 15.7. The number of nitrogens with zero attached hydrogens (tertiary/aromatic N) is 2. The number of para-hydroxylation sites is 1. The molecule has 1 amide bonds. The summed E-state index contributed by atoms with van der Waals surface area (Å²) < 4.78 is 10.6. The van der Waals surface area contributed by atoms with E-state index in [1.54, 1.807) is 0 Å². The molecule has 0 aliphatic carbocycles. The van der Waals surface area contributed by atoms with Gasteiger partial charge in [-0.1, -0.05) is 53.7 Å². The molecule has 0 radical (unpaired) electrons. The third-order valence-electron chi connectivity index (χ3n) is 3.27. The fraction of sp³-hybridized carbons (Fsp3) is 0.167. The topological polar surface area (TPSA) is 77.2 Å². The van der Waals surface area contributed by atoms with Crippen molar-refractivity contribution >= 4 is 5.91 Å². The molecule has 1 aromatic heterocycles. The number of benzene rings is 2. The molecule has 0 spiro atoms. The SMILES string of the molecule is O=C(Cc1ccccc1)NCc1noc(COc2ccccc2)n1. The quantitative estimate of drug-likeness (QED) is 0.723. The van der Waals surface area contributed by atoms with Gasteiger partial charge >= 0.3 is 0 Å². The van der Waals surface area contributed by atoms with Crippen LogP contribution in [0.25, 0.3) is 0 Å². The summed E-state index contributed by atoms with van der Waals surface area (Å²) in [5.74, 6) is 1.43. The highest BCUT2D eigenvalue weighted by Gasteiger charge is 2.09. The molecule has 122 valence electrons. The first-order valence-electron chi connectivity index (χ1n) is 7.59. The van der Waals surface area contributed by atoms with E-state index in [0.717, 1.165) is 11.3 Å². The minimum Gasteiger partial charge on any atom is -0.484 e. The van der Waals surface area contributed by atoms with Gasteiger partial charge in [-0.05, 0) is 17.7 Å². The predicted octanol–water partition coefficient (Wildman–Crippen LogP) is 2.51. The summed E-state index contributed by atoms with van der Waals surface area (Å²) in [6.45, 7) is 0.412. The third-order valence-corrected chi connectivity index (χ3v) is 3.27. The Morgan fingerprint density at radius 2 is 1.75 bits per heavy atom. The molecule has 1 N–H and O–H groups in total. The van der Waals surface area contributed by atoms with Gasteiger partial charge in [0.2, 0.25) is 5.91 Å². The molecule has 1 heterocycles. The van der Waals surface area contributed by atoms with Crippen LogP contribution in [0.5, 0.6) is 5.75 Å². The Kier molecular flexibility index (Phi) is 5.19. The third kappa shape index (κ3) is 4.67. The molecule has 6 nitrogen and oxygen atoms in total. The van der Waals surface area contributed by atoms with E-state index >= 15 is 0 Å². The molecular formula is C18H17N3O3. The highest BCUT2D eigenvalue weighted by Crippen LogP contribution is 2.10. The zero-order valence-electron chi connectivity index (χ0n) is 13.0. The summed E-state index contributed by atoms with van der Waals surface area (Å²) in [6, 6.07) is 18.9. The number of amides is 1. The lowest BCUT2D eigenvalue weighted by Gasteiger charge is -2.02. The number of carbonyl (C=O) groups is 1. The fourth-order valence-corrected chi connectivity index (χ4v) is 2.10. The second kappa shape index (κ2) is 7.92. The van der Waals surface area contributed by atoms with Gasteiger partial charge in [-0.3, -0.25) is 4.79 Å². The highest BCUT2D eigenvalue weighted by molar-refractivity contribution is 5.78. The Balaban J connectivity index is 1.45. The van der Waals surface area contributed by atoms with Crippen LogP contribution >= 0.6 is 0 Å². The number of aromatic nitrogens is 2. The van der Waals surface area contributed by atoms with Crippen LogP contribution in [0.3, 0.4) is 0 Å². The van der Waals surface area contributed by atoms with Crippen molar-refractivity contribution in [1.82, 2.24) is 15.5 Å². The van der Waals surface area contributed by atoms with Crippen molar-refractivity contribution in [3.63, 3.8) is 0 Å². The summed E-state index contributed by atoms with van der Waals surface area (Å²) in [5.41, 5.74) is 0.958. The van der Waals surface area contributed by atoms with Gasteiger partial charge < -0.3 is 14.6 Å². The lowest BCUT2D eigenvalue weighted by Crippen LogP contribution is -2.25. The zero-order chi connectivity index (χ0) is 16.6.